The summed E-state index contributed by atoms with van der Waals surface area (Å²) in [5, 5.41) is 3.32. The third-order valence-corrected chi connectivity index (χ3v) is 5.99. The van der Waals surface area contributed by atoms with Gasteiger partial charge in [-0.1, -0.05) is 64.7 Å². The molecule has 1 rings (SSSR count). The third-order valence-electron chi connectivity index (χ3n) is 5.99. The predicted octanol–water partition coefficient (Wildman–Crippen LogP) is 3.98. The molecule has 0 aromatic heterocycles. The first-order valence-corrected chi connectivity index (χ1v) is 12.4. The number of rotatable bonds is 18. The van der Waals surface area contributed by atoms with E-state index in [0.29, 0.717) is 13.0 Å². The van der Waals surface area contributed by atoms with E-state index in [9.17, 15) is 9.59 Å². The Balaban J connectivity index is 2.25. The van der Waals surface area contributed by atoms with Crippen LogP contribution in [0.3, 0.4) is 0 Å². The van der Waals surface area contributed by atoms with E-state index in [1.807, 2.05) is 4.90 Å². The summed E-state index contributed by atoms with van der Waals surface area (Å²) in [6, 6.07) is 0. The SMILES string of the molecule is CCCCCCCCCN(CCCCCCCC(=O)OC)CC(=O)N1CCNCC1. The molecule has 1 heterocycles. The molecular weight excluding hydrogens is 378 g/mol. The Bertz CT molecular complexity index is 439. The number of unbranched alkanes of at least 4 members (excludes halogenated alkanes) is 10. The maximum absolute atomic E-state index is 12.7. The average molecular weight is 426 g/mol. The number of nitrogens with one attached hydrogen (secondary N) is 1. The Hall–Kier alpha value is -1.14. The van der Waals surface area contributed by atoms with Gasteiger partial charge in [-0.05, 0) is 32.4 Å². The standard InChI is InChI=1S/C24H47N3O3/c1-3-4-5-6-7-10-13-18-26(22-23(28)27-20-16-25-17-21-27)19-14-11-8-9-12-15-24(29)30-2/h25H,3-22H2,1-2H3. The first-order valence-electron chi connectivity index (χ1n) is 12.4. The van der Waals surface area contributed by atoms with Crippen LogP contribution in [0.15, 0.2) is 0 Å². The maximum atomic E-state index is 12.7. The molecule has 0 aromatic carbocycles. The molecular formula is C24H47N3O3. The molecule has 1 saturated heterocycles. The van der Waals surface area contributed by atoms with Gasteiger partial charge < -0.3 is 15.0 Å². The number of methoxy groups -OCH3 is 1. The molecule has 1 aliphatic rings. The number of amides is 1. The summed E-state index contributed by atoms with van der Waals surface area (Å²) in [4.78, 5) is 28.2. The van der Waals surface area contributed by atoms with Crippen LogP contribution < -0.4 is 5.32 Å². The predicted molar refractivity (Wildman–Crippen MR) is 124 cm³/mol. The molecule has 0 spiro atoms. The lowest BCUT2D eigenvalue weighted by molar-refractivity contribution is -0.140. The van der Waals surface area contributed by atoms with Crippen molar-refractivity contribution in [3.8, 4) is 0 Å². The lowest BCUT2D eigenvalue weighted by Crippen LogP contribution is -2.49. The number of hydrogen-bond acceptors (Lipinski definition) is 5. The van der Waals surface area contributed by atoms with E-state index in [1.165, 1.54) is 52.1 Å². The van der Waals surface area contributed by atoms with Crippen molar-refractivity contribution in [3.63, 3.8) is 0 Å². The van der Waals surface area contributed by atoms with Crippen LogP contribution in [0.4, 0.5) is 0 Å². The average Bonchev–Trinajstić information content (AvgIpc) is 2.77. The van der Waals surface area contributed by atoms with Gasteiger partial charge in [0.1, 0.15) is 0 Å². The van der Waals surface area contributed by atoms with Crippen molar-refractivity contribution < 1.29 is 14.3 Å². The van der Waals surface area contributed by atoms with Crippen LogP contribution in [0.2, 0.25) is 0 Å². The van der Waals surface area contributed by atoms with Crippen molar-refractivity contribution in [2.45, 2.75) is 90.4 Å². The Morgan fingerprint density at radius 3 is 1.93 bits per heavy atom. The summed E-state index contributed by atoms with van der Waals surface area (Å²) >= 11 is 0. The Labute approximate surface area is 185 Å². The van der Waals surface area contributed by atoms with E-state index in [4.69, 9.17) is 0 Å². The fourth-order valence-electron chi connectivity index (χ4n) is 4.01. The van der Waals surface area contributed by atoms with E-state index in [1.54, 1.807) is 0 Å². The second kappa shape index (κ2) is 18.6. The number of carbonyl (C=O) groups excluding carboxylic acids is 2. The summed E-state index contributed by atoms with van der Waals surface area (Å²) in [5.74, 6) is 0.180. The second-order valence-corrected chi connectivity index (χ2v) is 8.62. The van der Waals surface area contributed by atoms with E-state index in [0.717, 1.165) is 71.4 Å². The molecule has 0 radical (unpaired) electrons. The fraction of sp³-hybridized carbons (Fsp3) is 0.917. The van der Waals surface area contributed by atoms with Gasteiger partial charge in [-0.25, -0.2) is 0 Å². The van der Waals surface area contributed by atoms with Crippen molar-refractivity contribution >= 4 is 11.9 Å². The first-order chi connectivity index (χ1) is 14.7. The molecule has 0 aliphatic carbocycles. The highest BCUT2D eigenvalue weighted by Crippen LogP contribution is 2.10. The zero-order valence-electron chi connectivity index (χ0n) is 19.8. The van der Waals surface area contributed by atoms with Crippen LogP contribution in [0.5, 0.6) is 0 Å². The molecule has 176 valence electrons. The Morgan fingerprint density at radius 2 is 1.37 bits per heavy atom. The van der Waals surface area contributed by atoms with E-state index >= 15 is 0 Å². The van der Waals surface area contributed by atoms with Crippen LogP contribution in [-0.4, -0.2) is 74.6 Å². The smallest absolute Gasteiger partial charge is 0.305 e. The molecule has 30 heavy (non-hydrogen) atoms. The number of ether oxygens (including phenoxy) is 1. The molecule has 0 bridgehead atoms. The summed E-state index contributed by atoms with van der Waals surface area (Å²) in [7, 11) is 1.45. The fourth-order valence-corrected chi connectivity index (χ4v) is 4.01. The van der Waals surface area contributed by atoms with Gasteiger partial charge in [0, 0.05) is 32.6 Å². The normalized spacial score (nSPS) is 14.3. The molecule has 6 nitrogen and oxygen atoms in total. The van der Waals surface area contributed by atoms with Gasteiger partial charge >= 0.3 is 5.97 Å². The first kappa shape index (κ1) is 26.9. The number of nitrogens with zero attached hydrogens (tertiary/aromatic N) is 2. The minimum Gasteiger partial charge on any atom is -0.469 e. The molecule has 1 amide bonds. The summed E-state index contributed by atoms with van der Waals surface area (Å²) < 4.78 is 4.68. The van der Waals surface area contributed by atoms with E-state index in [2.05, 4.69) is 21.9 Å². The summed E-state index contributed by atoms with van der Waals surface area (Å²) in [5.41, 5.74) is 0. The van der Waals surface area contributed by atoms with Gasteiger partial charge in [-0.15, -0.1) is 0 Å². The zero-order valence-corrected chi connectivity index (χ0v) is 19.8. The summed E-state index contributed by atoms with van der Waals surface area (Å²) in [6.45, 7) is 8.36. The monoisotopic (exact) mass is 425 g/mol. The van der Waals surface area contributed by atoms with Gasteiger partial charge in [0.25, 0.3) is 0 Å². The summed E-state index contributed by atoms with van der Waals surface area (Å²) in [6.07, 6.45) is 15.1. The molecule has 0 aromatic rings. The van der Waals surface area contributed by atoms with Crippen LogP contribution in [0.25, 0.3) is 0 Å². The van der Waals surface area contributed by atoms with Gasteiger partial charge in [-0.2, -0.15) is 0 Å². The van der Waals surface area contributed by atoms with E-state index < -0.39 is 0 Å². The number of esters is 1. The van der Waals surface area contributed by atoms with Crippen molar-refractivity contribution in [1.29, 1.82) is 0 Å². The van der Waals surface area contributed by atoms with Crippen LogP contribution in [0.1, 0.15) is 90.4 Å². The minimum atomic E-state index is -0.109. The third kappa shape index (κ3) is 14.0. The topological polar surface area (TPSA) is 61.9 Å². The van der Waals surface area contributed by atoms with Gasteiger partial charge in [0.15, 0.2) is 0 Å². The van der Waals surface area contributed by atoms with Crippen LogP contribution >= 0.6 is 0 Å². The van der Waals surface area contributed by atoms with Crippen molar-refractivity contribution in [3.05, 3.63) is 0 Å². The highest BCUT2D eigenvalue weighted by Gasteiger charge is 2.18. The molecule has 0 unspecified atom stereocenters. The van der Waals surface area contributed by atoms with Crippen molar-refractivity contribution in [2.75, 3.05) is 52.9 Å². The second-order valence-electron chi connectivity index (χ2n) is 8.62. The van der Waals surface area contributed by atoms with Crippen LogP contribution in [-0.2, 0) is 14.3 Å². The highest BCUT2D eigenvalue weighted by molar-refractivity contribution is 5.78. The van der Waals surface area contributed by atoms with Gasteiger partial charge in [0.2, 0.25) is 5.91 Å². The minimum absolute atomic E-state index is 0.109. The highest BCUT2D eigenvalue weighted by atomic mass is 16.5. The molecule has 0 atom stereocenters. The van der Waals surface area contributed by atoms with E-state index in [-0.39, 0.29) is 11.9 Å². The number of piperazine rings is 1. The number of hydrogen-bond donors (Lipinski definition) is 1. The molecule has 6 heteroatoms. The molecule has 1 fully saturated rings. The van der Waals surface area contributed by atoms with Gasteiger partial charge in [0.05, 0.1) is 13.7 Å². The van der Waals surface area contributed by atoms with Gasteiger partial charge in [-0.3, -0.25) is 14.5 Å². The molecule has 1 aliphatic heterocycles. The largest absolute Gasteiger partial charge is 0.469 e. The van der Waals surface area contributed by atoms with Crippen molar-refractivity contribution in [2.24, 2.45) is 0 Å². The lowest BCUT2D eigenvalue weighted by atomic mass is 10.1. The molecule has 1 N–H and O–H groups in total. The Morgan fingerprint density at radius 1 is 0.833 bits per heavy atom. The maximum Gasteiger partial charge on any atom is 0.305 e. The molecule has 0 saturated carbocycles. The number of carbonyl (C=O) groups is 2. The van der Waals surface area contributed by atoms with Crippen molar-refractivity contribution in [1.82, 2.24) is 15.1 Å². The quantitative estimate of drug-likeness (QED) is 0.266. The lowest BCUT2D eigenvalue weighted by Gasteiger charge is -2.30. The van der Waals surface area contributed by atoms with Crippen LogP contribution in [0, 0.1) is 0 Å². The Kier molecular flexibility index (Phi) is 16.7. The zero-order chi connectivity index (χ0) is 21.9.